The highest BCUT2D eigenvalue weighted by Gasteiger charge is 2.17. The summed E-state index contributed by atoms with van der Waals surface area (Å²) in [6, 6.07) is 10.4. The lowest BCUT2D eigenvalue weighted by Gasteiger charge is -2.12. The largest absolute Gasteiger partial charge is 0.492 e. The van der Waals surface area contributed by atoms with Crippen LogP contribution >= 0.6 is 0 Å². The summed E-state index contributed by atoms with van der Waals surface area (Å²) in [6.45, 7) is 1.18. The number of aromatic nitrogens is 7. The average molecular weight is 495 g/mol. The Hall–Kier alpha value is -4.70. The predicted octanol–water partition coefficient (Wildman–Crippen LogP) is 4.70. The van der Waals surface area contributed by atoms with Crippen LogP contribution in [0.3, 0.4) is 0 Å². The number of likely N-dealkylation sites (N-methyl/N-ethyl adjacent to an activating group) is 1. The number of nitrogens with one attached hydrogen (secondary N) is 2. The fourth-order valence-corrected chi connectivity index (χ4v) is 4.18. The van der Waals surface area contributed by atoms with Crippen molar-refractivity contribution in [3.63, 3.8) is 0 Å². The Balaban J connectivity index is 1.41. The lowest BCUT2D eigenvalue weighted by molar-refractivity contribution is 0.260. The molecule has 0 fully saturated rings. The first-order valence-electron chi connectivity index (χ1n) is 11.7. The lowest BCUT2D eigenvalue weighted by atomic mass is 10.1. The minimum atomic E-state index is -0.389. The second kappa shape index (κ2) is 9.40. The van der Waals surface area contributed by atoms with E-state index in [0.717, 1.165) is 28.7 Å². The lowest BCUT2D eigenvalue weighted by Crippen LogP contribution is -2.19. The molecule has 0 unspecified atom stereocenters. The van der Waals surface area contributed by atoms with Crippen LogP contribution in [0.25, 0.3) is 55.8 Å². The number of ether oxygens (including phenoxy) is 1. The van der Waals surface area contributed by atoms with E-state index in [2.05, 4.69) is 30.1 Å². The minimum Gasteiger partial charge on any atom is -0.492 e. The van der Waals surface area contributed by atoms with Gasteiger partial charge >= 0.3 is 0 Å². The van der Waals surface area contributed by atoms with Crippen molar-refractivity contribution in [3.8, 4) is 39.7 Å². The monoisotopic (exact) mass is 494 g/mol. The van der Waals surface area contributed by atoms with Gasteiger partial charge in [0.05, 0.1) is 34.6 Å². The Bertz CT molecular complexity index is 1710. The third-order valence-corrected chi connectivity index (χ3v) is 6.03. The molecule has 0 atom stereocenters. The maximum atomic E-state index is 14.5. The Morgan fingerprint density at radius 2 is 1.81 bits per heavy atom. The van der Waals surface area contributed by atoms with Gasteiger partial charge in [-0.2, -0.15) is 5.10 Å². The second-order valence-corrected chi connectivity index (χ2v) is 8.92. The average Bonchev–Trinajstić information content (AvgIpc) is 3.52. The summed E-state index contributed by atoms with van der Waals surface area (Å²) >= 11 is 0. The van der Waals surface area contributed by atoms with Gasteiger partial charge in [-0.15, -0.1) is 0 Å². The summed E-state index contributed by atoms with van der Waals surface area (Å²) in [5.74, 6) is 0.639. The van der Waals surface area contributed by atoms with Gasteiger partial charge in [-0.1, -0.05) is 0 Å². The van der Waals surface area contributed by atoms with E-state index in [-0.39, 0.29) is 5.82 Å². The van der Waals surface area contributed by atoms with Gasteiger partial charge in [-0.3, -0.25) is 20.1 Å². The molecule has 0 radical (unpaired) electrons. The van der Waals surface area contributed by atoms with Crippen LogP contribution in [0.5, 0.6) is 5.75 Å². The molecule has 0 aliphatic heterocycles. The summed E-state index contributed by atoms with van der Waals surface area (Å²) in [5.41, 5.74) is 5.90. The molecule has 2 N–H and O–H groups in total. The van der Waals surface area contributed by atoms with Gasteiger partial charge in [0.1, 0.15) is 23.9 Å². The fourth-order valence-electron chi connectivity index (χ4n) is 4.18. The summed E-state index contributed by atoms with van der Waals surface area (Å²) in [5, 5.41) is 8.40. The smallest absolute Gasteiger partial charge is 0.159 e. The van der Waals surface area contributed by atoms with Crippen LogP contribution in [0.15, 0.2) is 67.4 Å². The van der Waals surface area contributed by atoms with Gasteiger partial charge in [0.2, 0.25) is 0 Å². The summed E-state index contributed by atoms with van der Waals surface area (Å²) in [4.78, 5) is 23.1. The summed E-state index contributed by atoms with van der Waals surface area (Å²) in [6.07, 6.45) is 8.59. The first kappa shape index (κ1) is 22.7. The third-order valence-electron chi connectivity index (χ3n) is 6.03. The highest BCUT2D eigenvalue weighted by molar-refractivity contribution is 5.97. The molecule has 6 aromatic rings. The molecule has 0 aliphatic rings. The van der Waals surface area contributed by atoms with Gasteiger partial charge in [0, 0.05) is 47.7 Å². The number of aromatic amines is 2. The Morgan fingerprint density at radius 1 is 0.946 bits per heavy atom. The molecular formula is C27H23FN8O. The summed E-state index contributed by atoms with van der Waals surface area (Å²) < 4.78 is 20.3. The fraction of sp³-hybridized carbons (Fsp3) is 0.148. The molecule has 10 heteroatoms. The molecule has 5 aromatic heterocycles. The Labute approximate surface area is 211 Å². The van der Waals surface area contributed by atoms with Crippen molar-refractivity contribution in [1.29, 1.82) is 0 Å². The molecule has 184 valence electrons. The minimum absolute atomic E-state index is 0.389. The van der Waals surface area contributed by atoms with Crippen molar-refractivity contribution in [3.05, 3.63) is 73.2 Å². The van der Waals surface area contributed by atoms with Gasteiger partial charge in [0.15, 0.2) is 5.82 Å². The number of hydrogen-bond donors (Lipinski definition) is 2. The third kappa shape index (κ3) is 4.50. The first-order valence-corrected chi connectivity index (χ1v) is 11.7. The van der Waals surface area contributed by atoms with Crippen LogP contribution in [-0.2, 0) is 0 Å². The molecule has 0 spiro atoms. The van der Waals surface area contributed by atoms with Crippen molar-refractivity contribution in [1.82, 2.24) is 40.0 Å². The molecule has 0 aliphatic carbocycles. The molecule has 0 amide bonds. The molecular weight excluding hydrogens is 471 g/mol. The zero-order valence-corrected chi connectivity index (χ0v) is 20.2. The van der Waals surface area contributed by atoms with E-state index in [0.29, 0.717) is 46.0 Å². The van der Waals surface area contributed by atoms with E-state index in [4.69, 9.17) is 9.72 Å². The quantitative estimate of drug-likeness (QED) is 0.331. The SMILES string of the molecule is CN(C)CCOc1cc(F)cc(-c2cncc3[nH]c(-c4n[nH]c5cnc(-c6ccncc6)cc45)nc23)c1. The van der Waals surface area contributed by atoms with Crippen LogP contribution in [0.1, 0.15) is 0 Å². The second-order valence-electron chi connectivity index (χ2n) is 8.92. The molecule has 0 saturated carbocycles. The highest BCUT2D eigenvalue weighted by atomic mass is 19.1. The molecule has 6 rings (SSSR count). The van der Waals surface area contributed by atoms with Crippen molar-refractivity contribution in [2.24, 2.45) is 0 Å². The normalized spacial score (nSPS) is 11.6. The first-order chi connectivity index (χ1) is 18.0. The van der Waals surface area contributed by atoms with Crippen molar-refractivity contribution in [2.75, 3.05) is 27.2 Å². The number of halogens is 1. The number of benzene rings is 1. The predicted molar refractivity (Wildman–Crippen MR) is 139 cm³/mol. The molecule has 1 aromatic carbocycles. The molecule has 5 heterocycles. The van der Waals surface area contributed by atoms with E-state index in [1.165, 1.54) is 12.1 Å². The molecule has 0 bridgehead atoms. The zero-order valence-electron chi connectivity index (χ0n) is 20.2. The number of H-pyrrole nitrogens is 2. The molecule has 9 nitrogen and oxygen atoms in total. The molecule has 37 heavy (non-hydrogen) atoms. The van der Waals surface area contributed by atoms with Crippen LogP contribution in [0, 0.1) is 5.82 Å². The van der Waals surface area contributed by atoms with E-state index in [1.807, 2.05) is 37.2 Å². The van der Waals surface area contributed by atoms with E-state index in [1.54, 1.807) is 37.1 Å². The van der Waals surface area contributed by atoms with Crippen LogP contribution in [0.2, 0.25) is 0 Å². The van der Waals surface area contributed by atoms with Gasteiger partial charge < -0.3 is 14.6 Å². The number of rotatable bonds is 7. The highest BCUT2D eigenvalue weighted by Crippen LogP contribution is 2.33. The zero-order chi connectivity index (χ0) is 25.4. The van der Waals surface area contributed by atoms with Crippen LogP contribution in [0.4, 0.5) is 4.39 Å². The number of hydrogen-bond acceptors (Lipinski definition) is 7. The summed E-state index contributed by atoms with van der Waals surface area (Å²) in [7, 11) is 3.92. The molecule has 0 saturated heterocycles. The van der Waals surface area contributed by atoms with E-state index >= 15 is 0 Å². The topological polar surface area (TPSA) is 108 Å². The van der Waals surface area contributed by atoms with E-state index in [9.17, 15) is 4.39 Å². The Morgan fingerprint density at radius 3 is 2.65 bits per heavy atom. The number of imidazole rings is 1. The van der Waals surface area contributed by atoms with Crippen LogP contribution in [-0.4, -0.2) is 67.3 Å². The number of fused-ring (bicyclic) bond motifs is 2. The number of nitrogens with zero attached hydrogens (tertiary/aromatic N) is 6. The van der Waals surface area contributed by atoms with Gasteiger partial charge in [0.25, 0.3) is 0 Å². The maximum absolute atomic E-state index is 14.5. The van der Waals surface area contributed by atoms with Crippen molar-refractivity contribution >= 4 is 21.9 Å². The van der Waals surface area contributed by atoms with Gasteiger partial charge in [-0.05, 0) is 50.0 Å². The van der Waals surface area contributed by atoms with Gasteiger partial charge in [-0.25, -0.2) is 9.37 Å². The van der Waals surface area contributed by atoms with Crippen LogP contribution < -0.4 is 4.74 Å². The standard InChI is InChI=1S/C27H23FN8O/c1-36(2)7-8-37-19-10-17(9-18(28)11-19)21-13-30-14-24-25(21)33-27(32-24)26-20-12-22(16-3-5-29-6-4-16)31-15-23(20)34-35-26/h3-6,9-15H,7-8H2,1-2H3,(H,32,33)(H,34,35). The van der Waals surface area contributed by atoms with Crippen molar-refractivity contribution < 1.29 is 9.13 Å². The Kier molecular flexibility index (Phi) is 5.78. The van der Waals surface area contributed by atoms with Crippen molar-refractivity contribution in [2.45, 2.75) is 0 Å². The number of pyridine rings is 3. The maximum Gasteiger partial charge on any atom is 0.159 e. The van der Waals surface area contributed by atoms with E-state index < -0.39 is 0 Å².